The molecular formula is C15H18N4O3S2. The number of carbonyl (C=O) groups excluding carboxylic acids is 1. The lowest BCUT2D eigenvalue weighted by Crippen LogP contribution is -2.36. The minimum absolute atomic E-state index is 0.157. The molecule has 0 saturated heterocycles. The molecule has 0 radical (unpaired) electrons. The van der Waals surface area contributed by atoms with E-state index in [4.69, 9.17) is 0 Å². The summed E-state index contributed by atoms with van der Waals surface area (Å²) in [6.07, 6.45) is 2.71. The number of rotatable bonds is 5. The van der Waals surface area contributed by atoms with E-state index in [1.807, 2.05) is 6.92 Å². The summed E-state index contributed by atoms with van der Waals surface area (Å²) in [6.45, 7) is 2.62. The monoisotopic (exact) mass is 366 g/mol. The summed E-state index contributed by atoms with van der Waals surface area (Å²) >= 11 is 1.32. The number of pyridine rings is 1. The molecule has 0 aromatic carbocycles. The Morgan fingerprint density at radius 2 is 2.25 bits per heavy atom. The Labute approximate surface area is 144 Å². The average Bonchev–Trinajstić information content (AvgIpc) is 2.97. The van der Waals surface area contributed by atoms with Crippen LogP contribution in [0.2, 0.25) is 0 Å². The van der Waals surface area contributed by atoms with Gasteiger partial charge in [0, 0.05) is 30.6 Å². The number of sulfonamides is 1. The number of fused-ring (bicyclic) bond motifs is 1. The number of hydrogen-bond acceptors (Lipinski definition) is 6. The van der Waals surface area contributed by atoms with Gasteiger partial charge in [-0.05, 0) is 18.6 Å². The molecule has 1 amide bonds. The molecule has 7 nitrogen and oxygen atoms in total. The van der Waals surface area contributed by atoms with Gasteiger partial charge in [0.05, 0.1) is 11.4 Å². The van der Waals surface area contributed by atoms with Crippen LogP contribution in [0, 0.1) is 0 Å². The van der Waals surface area contributed by atoms with Crippen LogP contribution < -0.4 is 5.32 Å². The highest BCUT2D eigenvalue weighted by Crippen LogP contribution is 2.29. The zero-order valence-electron chi connectivity index (χ0n) is 13.2. The van der Waals surface area contributed by atoms with E-state index >= 15 is 0 Å². The maximum Gasteiger partial charge on any atom is 0.276 e. The number of thiazole rings is 1. The Balaban J connectivity index is 1.73. The molecule has 24 heavy (non-hydrogen) atoms. The van der Waals surface area contributed by atoms with Gasteiger partial charge in [-0.1, -0.05) is 13.0 Å². The molecule has 0 atom stereocenters. The standard InChI is InChI=1S/C15H18N4O3S2/c1-2-9-24(21,22)19-8-6-11-13(10-19)23-15(17-11)18-14(20)12-5-3-4-7-16-12/h3-5,7H,2,6,8-10H2,1H3,(H,17,18,20). The summed E-state index contributed by atoms with van der Waals surface area (Å²) in [4.78, 5) is 21.4. The van der Waals surface area contributed by atoms with E-state index < -0.39 is 10.0 Å². The highest BCUT2D eigenvalue weighted by atomic mass is 32.2. The third-order valence-electron chi connectivity index (χ3n) is 3.67. The Hall–Kier alpha value is -1.84. The second kappa shape index (κ2) is 6.96. The fourth-order valence-electron chi connectivity index (χ4n) is 2.51. The molecule has 0 aliphatic carbocycles. The molecule has 0 spiro atoms. The molecule has 1 aliphatic rings. The molecule has 9 heteroatoms. The molecule has 128 valence electrons. The molecule has 0 bridgehead atoms. The number of nitrogens with zero attached hydrogens (tertiary/aromatic N) is 3. The van der Waals surface area contributed by atoms with Crippen LogP contribution in [0.25, 0.3) is 0 Å². The number of hydrogen-bond donors (Lipinski definition) is 1. The van der Waals surface area contributed by atoms with Crippen LogP contribution in [-0.4, -0.2) is 40.9 Å². The Morgan fingerprint density at radius 1 is 1.42 bits per heavy atom. The first-order chi connectivity index (χ1) is 11.5. The van der Waals surface area contributed by atoms with Crippen molar-refractivity contribution in [2.75, 3.05) is 17.6 Å². The van der Waals surface area contributed by atoms with Crippen molar-refractivity contribution in [1.29, 1.82) is 0 Å². The third-order valence-corrected chi connectivity index (χ3v) is 6.69. The van der Waals surface area contributed by atoms with Crippen LogP contribution in [0.1, 0.15) is 34.4 Å². The average molecular weight is 366 g/mol. The number of amides is 1. The number of aromatic nitrogens is 2. The van der Waals surface area contributed by atoms with Gasteiger partial charge in [-0.15, -0.1) is 11.3 Å². The summed E-state index contributed by atoms with van der Waals surface area (Å²) in [6, 6.07) is 5.11. The second-order valence-corrected chi connectivity index (χ2v) is 8.63. The zero-order valence-corrected chi connectivity index (χ0v) is 14.9. The fraction of sp³-hybridized carbons (Fsp3) is 0.400. The van der Waals surface area contributed by atoms with Crippen LogP contribution in [-0.2, 0) is 23.0 Å². The molecule has 1 N–H and O–H groups in total. The molecule has 0 unspecified atom stereocenters. The minimum atomic E-state index is -3.22. The lowest BCUT2D eigenvalue weighted by Gasteiger charge is -2.25. The highest BCUT2D eigenvalue weighted by molar-refractivity contribution is 7.89. The topological polar surface area (TPSA) is 92.3 Å². The molecule has 3 heterocycles. The molecule has 2 aromatic heterocycles. The van der Waals surface area contributed by atoms with Crippen LogP contribution in [0.15, 0.2) is 24.4 Å². The van der Waals surface area contributed by atoms with Crippen molar-refractivity contribution in [3.05, 3.63) is 40.7 Å². The van der Waals surface area contributed by atoms with Gasteiger partial charge in [-0.3, -0.25) is 15.1 Å². The van der Waals surface area contributed by atoms with Crippen molar-refractivity contribution < 1.29 is 13.2 Å². The smallest absolute Gasteiger partial charge is 0.276 e. The maximum atomic E-state index is 12.2. The minimum Gasteiger partial charge on any atom is -0.296 e. The number of carbonyl (C=O) groups is 1. The normalized spacial score (nSPS) is 15.0. The maximum absolute atomic E-state index is 12.2. The highest BCUT2D eigenvalue weighted by Gasteiger charge is 2.28. The molecule has 3 rings (SSSR count). The van der Waals surface area contributed by atoms with Crippen molar-refractivity contribution in [3.8, 4) is 0 Å². The largest absolute Gasteiger partial charge is 0.296 e. The van der Waals surface area contributed by atoms with Crippen molar-refractivity contribution in [2.45, 2.75) is 26.3 Å². The number of anilines is 1. The van der Waals surface area contributed by atoms with Gasteiger partial charge >= 0.3 is 0 Å². The van der Waals surface area contributed by atoms with Gasteiger partial charge in [0.1, 0.15) is 5.69 Å². The summed E-state index contributed by atoms with van der Waals surface area (Å²) in [5, 5.41) is 3.21. The van der Waals surface area contributed by atoms with Crippen LogP contribution in [0.5, 0.6) is 0 Å². The Kier molecular flexibility index (Phi) is 4.93. The van der Waals surface area contributed by atoms with Crippen molar-refractivity contribution in [3.63, 3.8) is 0 Å². The Bertz CT molecular complexity index is 834. The predicted octanol–water partition coefficient (Wildman–Crippen LogP) is 1.89. The van der Waals surface area contributed by atoms with Crippen molar-refractivity contribution >= 4 is 32.4 Å². The predicted molar refractivity (Wildman–Crippen MR) is 92.5 cm³/mol. The van der Waals surface area contributed by atoms with E-state index in [1.165, 1.54) is 15.6 Å². The fourth-order valence-corrected chi connectivity index (χ4v) is 5.08. The molecule has 0 saturated carbocycles. The van der Waals surface area contributed by atoms with E-state index in [9.17, 15) is 13.2 Å². The van der Waals surface area contributed by atoms with Crippen LogP contribution >= 0.6 is 11.3 Å². The number of nitrogens with one attached hydrogen (secondary N) is 1. The van der Waals surface area contributed by atoms with Gasteiger partial charge in [-0.2, -0.15) is 4.31 Å². The van der Waals surface area contributed by atoms with Gasteiger partial charge in [0.25, 0.3) is 5.91 Å². The summed E-state index contributed by atoms with van der Waals surface area (Å²) in [5.41, 5.74) is 1.18. The third kappa shape index (κ3) is 3.63. The first-order valence-corrected chi connectivity index (χ1v) is 10.1. The van der Waals surface area contributed by atoms with Gasteiger partial charge in [-0.25, -0.2) is 13.4 Å². The van der Waals surface area contributed by atoms with E-state index in [0.717, 1.165) is 10.6 Å². The van der Waals surface area contributed by atoms with Gasteiger partial charge in [0.2, 0.25) is 10.0 Å². The molecule has 2 aromatic rings. The van der Waals surface area contributed by atoms with E-state index in [-0.39, 0.29) is 11.7 Å². The second-order valence-electron chi connectivity index (χ2n) is 5.46. The Morgan fingerprint density at radius 3 is 2.96 bits per heavy atom. The SMILES string of the molecule is CCCS(=O)(=O)N1CCc2nc(NC(=O)c3ccccn3)sc2C1. The van der Waals surface area contributed by atoms with Crippen LogP contribution in [0.4, 0.5) is 5.13 Å². The van der Waals surface area contributed by atoms with E-state index in [2.05, 4.69) is 15.3 Å². The summed E-state index contributed by atoms with van der Waals surface area (Å²) in [5.74, 6) is -0.165. The van der Waals surface area contributed by atoms with E-state index in [0.29, 0.717) is 36.8 Å². The van der Waals surface area contributed by atoms with Crippen molar-refractivity contribution in [1.82, 2.24) is 14.3 Å². The molecular weight excluding hydrogens is 348 g/mol. The molecule has 0 fully saturated rings. The summed E-state index contributed by atoms with van der Waals surface area (Å²) in [7, 11) is -3.22. The van der Waals surface area contributed by atoms with E-state index in [1.54, 1.807) is 24.4 Å². The van der Waals surface area contributed by atoms with Crippen LogP contribution in [0.3, 0.4) is 0 Å². The van der Waals surface area contributed by atoms with Gasteiger partial charge < -0.3 is 0 Å². The first kappa shape index (κ1) is 17.0. The van der Waals surface area contributed by atoms with Gasteiger partial charge in [0.15, 0.2) is 5.13 Å². The lowest BCUT2D eigenvalue weighted by molar-refractivity contribution is 0.102. The zero-order chi connectivity index (χ0) is 17.2. The first-order valence-electron chi connectivity index (χ1n) is 7.68. The molecule has 1 aliphatic heterocycles. The quantitative estimate of drug-likeness (QED) is 0.872. The van der Waals surface area contributed by atoms with Crippen molar-refractivity contribution in [2.24, 2.45) is 0 Å². The summed E-state index contributed by atoms with van der Waals surface area (Å²) < 4.78 is 25.9. The lowest BCUT2D eigenvalue weighted by atomic mass is 10.2.